The molecular formula is C14H28O2. The van der Waals surface area contributed by atoms with Gasteiger partial charge in [0.2, 0.25) is 0 Å². The van der Waals surface area contributed by atoms with E-state index in [0.717, 1.165) is 30.3 Å². The van der Waals surface area contributed by atoms with Crippen LogP contribution < -0.4 is 0 Å². The molecule has 0 amide bonds. The molecule has 1 N–H and O–H groups in total. The first-order valence-corrected chi connectivity index (χ1v) is 6.83. The second-order valence-corrected chi connectivity index (χ2v) is 5.71. The average molecular weight is 228 g/mol. The van der Waals surface area contributed by atoms with Gasteiger partial charge in [0.15, 0.2) is 0 Å². The van der Waals surface area contributed by atoms with Gasteiger partial charge >= 0.3 is 0 Å². The quantitative estimate of drug-likeness (QED) is 0.708. The highest BCUT2D eigenvalue weighted by molar-refractivity contribution is 4.80. The van der Waals surface area contributed by atoms with Crippen LogP contribution in [0.4, 0.5) is 0 Å². The van der Waals surface area contributed by atoms with Crippen LogP contribution in [0.5, 0.6) is 0 Å². The SMILES string of the molecule is CC(C)[C@H]1CC[C@H](C)C[C@H]1CCOCCO. The minimum Gasteiger partial charge on any atom is -0.394 e. The Bertz CT molecular complexity index is 180. The molecule has 0 radical (unpaired) electrons. The highest BCUT2D eigenvalue weighted by Crippen LogP contribution is 2.39. The van der Waals surface area contributed by atoms with Crippen LogP contribution in [0.25, 0.3) is 0 Å². The number of aliphatic hydroxyl groups is 1. The Hall–Kier alpha value is -0.0800. The zero-order valence-corrected chi connectivity index (χ0v) is 11.1. The zero-order valence-electron chi connectivity index (χ0n) is 11.1. The van der Waals surface area contributed by atoms with Crippen molar-refractivity contribution in [2.45, 2.75) is 46.5 Å². The molecule has 1 aliphatic rings. The van der Waals surface area contributed by atoms with Crippen molar-refractivity contribution in [3.05, 3.63) is 0 Å². The van der Waals surface area contributed by atoms with Crippen LogP contribution in [0.15, 0.2) is 0 Å². The maximum atomic E-state index is 8.66. The molecule has 1 fully saturated rings. The summed E-state index contributed by atoms with van der Waals surface area (Å²) >= 11 is 0. The van der Waals surface area contributed by atoms with Gasteiger partial charge in [0, 0.05) is 6.61 Å². The van der Waals surface area contributed by atoms with Gasteiger partial charge < -0.3 is 9.84 Å². The minimum atomic E-state index is 0.147. The molecule has 0 heterocycles. The molecule has 1 rings (SSSR count). The summed E-state index contributed by atoms with van der Waals surface area (Å²) in [7, 11) is 0. The van der Waals surface area contributed by atoms with E-state index in [1.807, 2.05) is 0 Å². The highest BCUT2D eigenvalue weighted by Gasteiger charge is 2.30. The van der Waals surface area contributed by atoms with Gasteiger partial charge in [-0.3, -0.25) is 0 Å². The normalized spacial score (nSPS) is 30.9. The molecule has 96 valence electrons. The van der Waals surface area contributed by atoms with Gasteiger partial charge in [0.1, 0.15) is 0 Å². The lowest BCUT2D eigenvalue weighted by atomic mass is 9.69. The van der Waals surface area contributed by atoms with Crippen LogP contribution in [0.3, 0.4) is 0 Å². The maximum Gasteiger partial charge on any atom is 0.0697 e. The van der Waals surface area contributed by atoms with Gasteiger partial charge in [-0.2, -0.15) is 0 Å². The number of rotatable bonds is 6. The lowest BCUT2D eigenvalue weighted by Gasteiger charge is -2.37. The molecular weight excluding hydrogens is 200 g/mol. The average Bonchev–Trinajstić information content (AvgIpc) is 2.24. The predicted octanol–water partition coefficient (Wildman–Crippen LogP) is 3.09. The molecule has 16 heavy (non-hydrogen) atoms. The van der Waals surface area contributed by atoms with Crippen molar-refractivity contribution in [2.24, 2.45) is 23.7 Å². The molecule has 0 aromatic heterocycles. The molecule has 0 aliphatic heterocycles. The summed E-state index contributed by atoms with van der Waals surface area (Å²) < 4.78 is 5.40. The Balaban J connectivity index is 2.33. The summed E-state index contributed by atoms with van der Waals surface area (Å²) in [4.78, 5) is 0. The van der Waals surface area contributed by atoms with Crippen molar-refractivity contribution < 1.29 is 9.84 Å². The van der Waals surface area contributed by atoms with E-state index in [1.54, 1.807) is 0 Å². The van der Waals surface area contributed by atoms with E-state index in [2.05, 4.69) is 20.8 Å². The van der Waals surface area contributed by atoms with Gasteiger partial charge in [-0.25, -0.2) is 0 Å². The second-order valence-electron chi connectivity index (χ2n) is 5.71. The van der Waals surface area contributed by atoms with Crippen LogP contribution in [0.1, 0.15) is 46.5 Å². The molecule has 0 spiro atoms. The van der Waals surface area contributed by atoms with Crippen LogP contribution in [-0.2, 0) is 4.74 Å². The van der Waals surface area contributed by atoms with Crippen LogP contribution in [0, 0.1) is 23.7 Å². The number of aliphatic hydroxyl groups excluding tert-OH is 1. The van der Waals surface area contributed by atoms with Crippen LogP contribution in [0.2, 0.25) is 0 Å². The van der Waals surface area contributed by atoms with Gasteiger partial charge in [0.05, 0.1) is 13.2 Å². The molecule has 0 aromatic carbocycles. The van der Waals surface area contributed by atoms with E-state index in [0.29, 0.717) is 6.61 Å². The second kappa shape index (κ2) is 7.29. The third-order valence-electron chi connectivity index (χ3n) is 4.03. The monoisotopic (exact) mass is 228 g/mol. The molecule has 2 heteroatoms. The summed E-state index contributed by atoms with van der Waals surface area (Å²) in [5.41, 5.74) is 0. The summed E-state index contributed by atoms with van der Waals surface area (Å²) in [6, 6.07) is 0. The van der Waals surface area contributed by atoms with E-state index < -0.39 is 0 Å². The number of hydrogen-bond acceptors (Lipinski definition) is 2. The minimum absolute atomic E-state index is 0.147. The van der Waals surface area contributed by atoms with Crippen molar-refractivity contribution >= 4 is 0 Å². The summed E-state index contributed by atoms with van der Waals surface area (Å²) in [6.07, 6.45) is 5.33. The number of hydrogen-bond donors (Lipinski definition) is 1. The summed E-state index contributed by atoms with van der Waals surface area (Å²) in [5.74, 6) is 3.41. The van der Waals surface area contributed by atoms with Gasteiger partial charge in [0.25, 0.3) is 0 Å². The molecule has 0 unspecified atom stereocenters. The van der Waals surface area contributed by atoms with E-state index in [4.69, 9.17) is 9.84 Å². The van der Waals surface area contributed by atoms with Crippen molar-refractivity contribution in [1.82, 2.24) is 0 Å². The Labute approximate surface area is 100 Å². The van der Waals surface area contributed by atoms with Crippen molar-refractivity contribution in [3.8, 4) is 0 Å². The third kappa shape index (κ3) is 4.42. The fourth-order valence-corrected chi connectivity index (χ4v) is 3.13. The Kier molecular flexibility index (Phi) is 6.37. The standard InChI is InChI=1S/C14H28O2/c1-11(2)14-5-4-12(3)10-13(14)6-8-16-9-7-15/h11-15H,4-10H2,1-3H3/t12-,13+,14+/m0/s1. The maximum absolute atomic E-state index is 8.66. The van der Waals surface area contributed by atoms with E-state index in [-0.39, 0.29) is 6.61 Å². The van der Waals surface area contributed by atoms with E-state index in [1.165, 1.54) is 25.7 Å². The Morgan fingerprint density at radius 1 is 1.25 bits per heavy atom. The molecule has 0 bridgehead atoms. The number of ether oxygens (including phenoxy) is 1. The van der Waals surface area contributed by atoms with Gasteiger partial charge in [-0.15, -0.1) is 0 Å². The van der Waals surface area contributed by atoms with Crippen LogP contribution in [-0.4, -0.2) is 24.9 Å². The smallest absolute Gasteiger partial charge is 0.0697 e. The molecule has 1 saturated carbocycles. The van der Waals surface area contributed by atoms with Crippen LogP contribution >= 0.6 is 0 Å². The van der Waals surface area contributed by atoms with Crippen molar-refractivity contribution in [1.29, 1.82) is 0 Å². The van der Waals surface area contributed by atoms with Gasteiger partial charge in [-0.1, -0.05) is 27.2 Å². The lowest BCUT2D eigenvalue weighted by molar-refractivity contribution is 0.0572. The molecule has 0 saturated heterocycles. The summed E-state index contributed by atoms with van der Waals surface area (Å²) in [5, 5.41) is 8.66. The predicted molar refractivity (Wildman–Crippen MR) is 67.4 cm³/mol. The fourth-order valence-electron chi connectivity index (χ4n) is 3.13. The Morgan fingerprint density at radius 2 is 2.00 bits per heavy atom. The first kappa shape index (κ1) is 14.0. The summed E-state index contributed by atoms with van der Waals surface area (Å²) in [6.45, 7) is 8.53. The van der Waals surface area contributed by atoms with E-state index >= 15 is 0 Å². The van der Waals surface area contributed by atoms with Crippen molar-refractivity contribution in [3.63, 3.8) is 0 Å². The van der Waals surface area contributed by atoms with E-state index in [9.17, 15) is 0 Å². The molecule has 0 aromatic rings. The zero-order chi connectivity index (χ0) is 12.0. The third-order valence-corrected chi connectivity index (χ3v) is 4.03. The first-order chi connectivity index (χ1) is 7.65. The largest absolute Gasteiger partial charge is 0.394 e. The topological polar surface area (TPSA) is 29.5 Å². The molecule has 2 nitrogen and oxygen atoms in total. The van der Waals surface area contributed by atoms with Gasteiger partial charge in [-0.05, 0) is 42.9 Å². The fraction of sp³-hybridized carbons (Fsp3) is 1.00. The van der Waals surface area contributed by atoms with Crippen molar-refractivity contribution in [2.75, 3.05) is 19.8 Å². The first-order valence-electron chi connectivity index (χ1n) is 6.83. The molecule has 1 aliphatic carbocycles. The highest BCUT2D eigenvalue weighted by atomic mass is 16.5. The molecule has 3 atom stereocenters. The lowest BCUT2D eigenvalue weighted by Crippen LogP contribution is -2.28. The Morgan fingerprint density at radius 3 is 2.62 bits per heavy atom.